The van der Waals surface area contributed by atoms with Gasteiger partial charge in [0.2, 0.25) is 5.95 Å². The minimum Gasteiger partial charge on any atom is -0.368 e. The Bertz CT molecular complexity index is 607. The Hall–Kier alpha value is -2.07. The van der Waals surface area contributed by atoms with E-state index in [4.69, 9.17) is 16.1 Å². The zero-order valence-electron chi connectivity index (χ0n) is 11.0. The molecule has 0 aromatic carbocycles. The average molecular weight is 297 g/mol. The highest BCUT2D eigenvalue weighted by atomic mass is 32.2. The van der Waals surface area contributed by atoms with Crippen molar-refractivity contribution >= 4 is 23.6 Å². The number of aromatic nitrogens is 4. The molecule has 0 bridgehead atoms. The highest BCUT2D eigenvalue weighted by Crippen LogP contribution is 2.25. The van der Waals surface area contributed by atoms with E-state index in [1.807, 2.05) is 23.8 Å². The Labute approximate surface area is 119 Å². The van der Waals surface area contributed by atoms with Crippen LogP contribution in [0, 0.1) is 0 Å². The van der Waals surface area contributed by atoms with Crippen LogP contribution in [0.2, 0.25) is 0 Å². The number of nitrogens with zero attached hydrogens (tertiary/aromatic N) is 4. The molecule has 0 unspecified atom stereocenters. The van der Waals surface area contributed by atoms with Crippen molar-refractivity contribution in [3.05, 3.63) is 17.5 Å². The van der Waals surface area contributed by atoms with Crippen LogP contribution in [0.25, 0.3) is 0 Å². The maximum absolute atomic E-state index is 11.2. The van der Waals surface area contributed by atoms with E-state index in [2.05, 4.69) is 15.4 Å². The second kappa shape index (κ2) is 5.92. The summed E-state index contributed by atoms with van der Waals surface area (Å²) in [5.41, 5.74) is 7.86. The predicted molar refractivity (Wildman–Crippen MR) is 72.5 cm³/mol. The summed E-state index contributed by atoms with van der Waals surface area (Å²) in [6, 6.07) is 1.68. The lowest BCUT2D eigenvalue weighted by molar-refractivity contribution is 0.0944. The van der Waals surface area contributed by atoms with Crippen LogP contribution < -0.4 is 17.0 Å². The monoisotopic (exact) mass is 297 g/mol. The van der Waals surface area contributed by atoms with E-state index in [0.29, 0.717) is 22.6 Å². The molecule has 1 amide bonds. The number of nitrogen functional groups attached to an aromatic ring is 2. The number of amides is 1. The first-order valence-electron chi connectivity index (χ1n) is 5.82. The van der Waals surface area contributed by atoms with Gasteiger partial charge in [-0.2, -0.15) is 0 Å². The number of nitrogens with one attached hydrogen (secondary N) is 1. The number of thioether (sulfide) groups is 1. The molecule has 2 heterocycles. The van der Waals surface area contributed by atoms with Crippen molar-refractivity contribution in [3.8, 4) is 0 Å². The van der Waals surface area contributed by atoms with Gasteiger partial charge in [-0.1, -0.05) is 16.9 Å². The van der Waals surface area contributed by atoms with Crippen LogP contribution in [0.3, 0.4) is 0 Å². The molecule has 5 N–H and O–H groups in total. The van der Waals surface area contributed by atoms with Crippen molar-refractivity contribution in [1.29, 1.82) is 0 Å². The number of hydrogen-bond acceptors (Lipinski definition) is 8. The van der Waals surface area contributed by atoms with Crippen LogP contribution in [0.1, 0.15) is 36.1 Å². The topological polar surface area (TPSA) is 138 Å². The zero-order valence-corrected chi connectivity index (χ0v) is 11.8. The molecule has 0 radical (unpaired) electrons. The molecule has 9 nitrogen and oxygen atoms in total. The highest BCUT2D eigenvalue weighted by Gasteiger charge is 2.15. The summed E-state index contributed by atoms with van der Waals surface area (Å²) >= 11 is 1.39. The van der Waals surface area contributed by atoms with Crippen LogP contribution >= 0.6 is 11.8 Å². The Morgan fingerprint density at radius 3 is 2.95 bits per heavy atom. The molecule has 2 rings (SSSR count). The van der Waals surface area contributed by atoms with Gasteiger partial charge in [0.05, 0.1) is 5.75 Å². The molecular weight excluding hydrogens is 282 g/mol. The largest absolute Gasteiger partial charge is 0.368 e. The summed E-state index contributed by atoms with van der Waals surface area (Å²) in [5, 5.41) is 12.1. The normalized spacial score (nSPS) is 11.0. The van der Waals surface area contributed by atoms with Gasteiger partial charge >= 0.3 is 0 Å². The first-order chi connectivity index (χ1) is 9.52. The quantitative estimate of drug-likeness (QED) is 0.310. The van der Waals surface area contributed by atoms with Crippen LogP contribution in [-0.2, 0) is 5.75 Å². The SMILES string of the molecule is CC(C)n1c(N)nnc1SCc1cc(C(=O)NN)no1. The molecule has 0 fully saturated rings. The third-order valence-corrected chi connectivity index (χ3v) is 3.44. The van der Waals surface area contributed by atoms with Crippen molar-refractivity contribution in [3.63, 3.8) is 0 Å². The second-order valence-electron chi connectivity index (χ2n) is 4.25. The molecule has 0 spiro atoms. The van der Waals surface area contributed by atoms with Gasteiger partial charge in [0, 0.05) is 12.1 Å². The Kier molecular flexibility index (Phi) is 4.25. The number of carbonyl (C=O) groups is 1. The lowest BCUT2D eigenvalue weighted by atomic mass is 10.4. The summed E-state index contributed by atoms with van der Waals surface area (Å²) < 4.78 is 6.85. The summed E-state index contributed by atoms with van der Waals surface area (Å²) in [6.07, 6.45) is 0. The zero-order chi connectivity index (χ0) is 14.7. The number of nitrogens with two attached hydrogens (primary N) is 2. The van der Waals surface area contributed by atoms with Gasteiger partial charge in [0.25, 0.3) is 5.91 Å². The first kappa shape index (κ1) is 14.3. The van der Waals surface area contributed by atoms with Crippen molar-refractivity contribution in [2.24, 2.45) is 5.84 Å². The predicted octanol–water partition coefficient (Wildman–Crippen LogP) is 0.325. The van der Waals surface area contributed by atoms with Gasteiger partial charge in [-0.05, 0) is 13.8 Å². The fraction of sp³-hybridized carbons (Fsp3) is 0.400. The fourth-order valence-electron chi connectivity index (χ4n) is 1.57. The molecule has 0 aliphatic carbocycles. The van der Waals surface area contributed by atoms with E-state index < -0.39 is 5.91 Å². The highest BCUT2D eigenvalue weighted by molar-refractivity contribution is 7.98. The van der Waals surface area contributed by atoms with Crippen LogP contribution in [0.4, 0.5) is 5.95 Å². The summed E-state index contributed by atoms with van der Waals surface area (Å²) in [4.78, 5) is 11.2. The van der Waals surface area contributed by atoms with E-state index >= 15 is 0 Å². The Morgan fingerprint density at radius 1 is 1.55 bits per heavy atom. The molecule has 0 saturated heterocycles. The number of hydrogen-bond donors (Lipinski definition) is 3. The van der Waals surface area contributed by atoms with Crippen molar-refractivity contribution in [2.75, 3.05) is 5.73 Å². The molecule has 0 aliphatic rings. The minimum absolute atomic E-state index is 0.132. The fourth-order valence-corrected chi connectivity index (χ4v) is 2.52. The van der Waals surface area contributed by atoms with Crippen molar-refractivity contribution in [1.82, 2.24) is 25.3 Å². The van der Waals surface area contributed by atoms with E-state index in [9.17, 15) is 4.79 Å². The lowest BCUT2D eigenvalue weighted by Crippen LogP contribution is -2.30. The van der Waals surface area contributed by atoms with E-state index in [0.717, 1.165) is 0 Å². The Morgan fingerprint density at radius 2 is 2.30 bits per heavy atom. The first-order valence-corrected chi connectivity index (χ1v) is 6.81. The average Bonchev–Trinajstić information content (AvgIpc) is 3.02. The van der Waals surface area contributed by atoms with Crippen molar-refractivity contribution in [2.45, 2.75) is 30.8 Å². The number of carbonyl (C=O) groups excluding carboxylic acids is 1. The molecular formula is C10H15N7O2S. The third kappa shape index (κ3) is 2.91. The van der Waals surface area contributed by atoms with Crippen LogP contribution in [0.5, 0.6) is 0 Å². The standard InChI is InChI=1S/C10H15N7O2S/c1-5(2)17-9(11)14-15-10(17)20-4-6-3-7(16-19-6)8(18)13-12/h3,5H,4,12H2,1-2H3,(H2,11,14)(H,13,18). The molecule has 20 heavy (non-hydrogen) atoms. The summed E-state index contributed by atoms with van der Waals surface area (Å²) in [5.74, 6) is 5.86. The maximum atomic E-state index is 11.2. The van der Waals surface area contributed by atoms with E-state index in [1.165, 1.54) is 17.8 Å². The smallest absolute Gasteiger partial charge is 0.287 e. The van der Waals surface area contributed by atoms with Gasteiger partial charge in [0.1, 0.15) is 5.76 Å². The van der Waals surface area contributed by atoms with E-state index in [1.54, 1.807) is 0 Å². The summed E-state index contributed by atoms with van der Waals surface area (Å²) in [6.45, 7) is 3.98. The number of rotatable bonds is 5. The van der Waals surface area contributed by atoms with Gasteiger partial charge in [-0.25, -0.2) is 5.84 Å². The lowest BCUT2D eigenvalue weighted by Gasteiger charge is -2.10. The number of hydrazine groups is 1. The molecule has 2 aromatic rings. The Balaban J connectivity index is 2.06. The van der Waals surface area contributed by atoms with Gasteiger partial charge in [-0.15, -0.1) is 10.2 Å². The van der Waals surface area contributed by atoms with Gasteiger partial charge < -0.3 is 10.3 Å². The van der Waals surface area contributed by atoms with Crippen LogP contribution in [-0.4, -0.2) is 25.8 Å². The molecule has 10 heteroatoms. The number of anilines is 1. The summed E-state index contributed by atoms with van der Waals surface area (Å²) in [7, 11) is 0. The molecule has 0 atom stereocenters. The maximum Gasteiger partial charge on any atom is 0.287 e. The molecule has 0 saturated carbocycles. The minimum atomic E-state index is -0.500. The van der Waals surface area contributed by atoms with Gasteiger partial charge in [0.15, 0.2) is 10.9 Å². The molecule has 2 aromatic heterocycles. The van der Waals surface area contributed by atoms with E-state index in [-0.39, 0.29) is 11.7 Å². The second-order valence-corrected chi connectivity index (χ2v) is 5.19. The van der Waals surface area contributed by atoms with Gasteiger partial charge in [-0.3, -0.25) is 14.8 Å². The molecule has 108 valence electrons. The molecule has 0 aliphatic heterocycles. The van der Waals surface area contributed by atoms with Crippen molar-refractivity contribution < 1.29 is 9.32 Å². The van der Waals surface area contributed by atoms with Crippen LogP contribution in [0.15, 0.2) is 15.7 Å². The third-order valence-electron chi connectivity index (χ3n) is 2.47.